The van der Waals surface area contributed by atoms with E-state index in [1.165, 1.54) is 0 Å². The zero-order valence-electron chi connectivity index (χ0n) is 7.55. The van der Waals surface area contributed by atoms with Crippen LogP contribution in [0.3, 0.4) is 0 Å². The highest BCUT2D eigenvalue weighted by molar-refractivity contribution is 4.91. The van der Waals surface area contributed by atoms with E-state index in [1.54, 1.807) is 0 Å². The molecule has 0 aliphatic carbocycles. The molecule has 64 valence electrons. The van der Waals surface area contributed by atoms with Crippen LogP contribution in [0, 0.1) is 0 Å². The van der Waals surface area contributed by atoms with Crippen molar-refractivity contribution in [1.29, 1.82) is 0 Å². The van der Waals surface area contributed by atoms with Crippen molar-refractivity contribution in [1.82, 2.24) is 5.32 Å². The third kappa shape index (κ3) is 2.04. The van der Waals surface area contributed by atoms with E-state index in [0.717, 1.165) is 6.42 Å². The maximum absolute atomic E-state index is 5.65. The van der Waals surface area contributed by atoms with E-state index in [2.05, 4.69) is 18.8 Å². The largest absolute Gasteiger partial charge is 0.357 e. The van der Waals surface area contributed by atoms with E-state index in [1.807, 2.05) is 19.9 Å². The van der Waals surface area contributed by atoms with Crippen molar-refractivity contribution >= 4 is 0 Å². The molecule has 1 saturated heterocycles. The molecule has 0 spiro atoms. The lowest BCUT2D eigenvalue weighted by atomic mass is 10.1. The van der Waals surface area contributed by atoms with Gasteiger partial charge in [0.2, 0.25) is 0 Å². The van der Waals surface area contributed by atoms with Crippen LogP contribution in [-0.2, 0) is 4.74 Å². The van der Waals surface area contributed by atoms with Gasteiger partial charge in [0.1, 0.15) is 5.72 Å². The van der Waals surface area contributed by atoms with Gasteiger partial charge in [0.05, 0.1) is 6.10 Å². The quantitative estimate of drug-likeness (QED) is 0.612. The molecule has 2 heteroatoms. The second-order valence-corrected chi connectivity index (χ2v) is 3.61. The molecule has 0 aromatic heterocycles. The summed E-state index contributed by atoms with van der Waals surface area (Å²) < 4.78 is 5.65. The van der Waals surface area contributed by atoms with Crippen LogP contribution in [0.25, 0.3) is 0 Å². The van der Waals surface area contributed by atoms with Crippen molar-refractivity contribution < 1.29 is 4.74 Å². The van der Waals surface area contributed by atoms with E-state index >= 15 is 0 Å². The van der Waals surface area contributed by atoms with E-state index in [0.29, 0.717) is 12.1 Å². The molecule has 11 heavy (non-hydrogen) atoms. The van der Waals surface area contributed by atoms with Crippen molar-refractivity contribution in [2.75, 3.05) is 0 Å². The van der Waals surface area contributed by atoms with Crippen LogP contribution < -0.4 is 5.32 Å². The predicted molar refractivity (Wildman–Crippen MR) is 46.4 cm³/mol. The normalized spacial score (nSPS) is 35.5. The molecule has 0 saturated carbocycles. The summed E-state index contributed by atoms with van der Waals surface area (Å²) >= 11 is 0. The summed E-state index contributed by atoms with van der Waals surface area (Å²) in [5, 5.41) is 3.39. The molecule has 1 aliphatic heterocycles. The van der Waals surface area contributed by atoms with Crippen molar-refractivity contribution in [3.8, 4) is 0 Å². The van der Waals surface area contributed by atoms with Crippen LogP contribution in [0.2, 0.25) is 0 Å². The predicted octanol–water partition coefficient (Wildman–Crippen LogP) is 1.68. The summed E-state index contributed by atoms with van der Waals surface area (Å²) in [5.74, 6) is 0. The smallest absolute Gasteiger partial charge is 0.114 e. The van der Waals surface area contributed by atoms with Gasteiger partial charge in [-0.2, -0.15) is 0 Å². The van der Waals surface area contributed by atoms with Crippen molar-refractivity contribution in [3.63, 3.8) is 0 Å². The van der Waals surface area contributed by atoms with Gasteiger partial charge < -0.3 is 4.74 Å². The minimum Gasteiger partial charge on any atom is -0.357 e. The average molecular weight is 155 g/mol. The Morgan fingerprint density at radius 3 is 2.64 bits per heavy atom. The Balaban J connectivity index is 2.51. The lowest BCUT2D eigenvalue weighted by molar-refractivity contribution is -0.0170. The summed E-state index contributed by atoms with van der Waals surface area (Å²) in [6.45, 7) is 9.90. The van der Waals surface area contributed by atoms with E-state index < -0.39 is 0 Å². The molecule has 1 rings (SSSR count). The second-order valence-electron chi connectivity index (χ2n) is 3.61. The minimum atomic E-state index is -0.160. The Bertz CT molecular complexity index is 154. The van der Waals surface area contributed by atoms with E-state index in [-0.39, 0.29) is 5.72 Å². The number of hydrogen-bond acceptors (Lipinski definition) is 2. The fourth-order valence-electron chi connectivity index (χ4n) is 1.57. The summed E-state index contributed by atoms with van der Waals surface area (Å²) in [5.41, 5.74) is -0.160. The first-order valence-electron chi connectivity index (χ1n) is 4.11. The van der Waals surface area contributed by atoms with E-state index in [9.17, 15) is 0 Å². The molecule has 2 atom stereocenters. The second kappa shape index (κ2) is 2.95. The van der Waals surface area contributed by atoms with Gasteiger partial charge in [0.25, 0.3) is 0 Å². The van der Waals surface area contributed by atoms with Crippen molar-refractivity contribution in [3.05, 3.63) is 12.7 Å². The highest BCUT2D eigenvalue weighted by Gasteiger charge is 2.35. The molecule has 0 bridgehead atoms. The number of nitrogens with one attached hydrogen (secondary N) is 1. The van der Waals surface area contributed by atoms with Crippen LogP contribution in [0.5, 0.6) is 0 Å². The summed E-state index contributed by atoms with van der Waals surface area (Å²) in [6, 6.07) is 0.433. The van der Waals surface area contributed by atoms with Gasteiger partial charge in [-0.15, -0.1) is 6.58 Å². The Morgan fingerprint density at radius 2 is 2.27 bits per heavy atom. The maximum Gasteiger partial charge on any atom is 0.114 e. The summed E-state index contributed by atoms with van der Waals surface area (Å²) in [7, 11) is 0. The van der Waals surface area contributed by atoms with Crippen LogP contribution in [0.1, 0.15) is 27.2 Å². The number of hydrogen-bond donors (Lipinski definition) is 1. The van der Waals surface area contributed by atoms with Crippen molar-refractivity contribution in [2.45, 2.75) is 45.1 Å². The molecule has 0 aromatic rings. The first kappa shape index (κ1) is 8.75. The first-order valence-corrected chi connectivity index (χ1v) is 4.11. The molecular weight excluding hydrogens is 138 g/mol. The fourth-order valence-corrected chi connectivity index (χ4v) is 1.57. The number of rotatable bonds is 2. The first-order chi connectivity index (χ1) is 5.05. The molecule has 0 aromatic carbocycles. The summed E-state index contributed by atoms with van der Waals surface area (Å²) in [4.78, 5) is 0. The minimum absolute atomic E-state index is 0.160. The molecule has 2 nitrogen and oxygen atoms in total. The Morgan fingerprint density at radius 1 is 1.64 bits per heavy atom. The highest BCUT2D eigenvalue weighted by Crippen LogP contribution is 2.22. The molecule has 0 amide bonds. The standard InChI is InChI=1S/C9H17NO/c1-5-6-8-7(2)11-9(3,4)10-8/h5,7-8,10H,1,6H2,2-4H3/t7-,8-/m1/s1. The summed E-state index contributed by atoms with van der Waals surface area (Å²) in [6.07, 6.45) is 3.20. The zero-order chi connectivity index (χ0) is 8.48. The SMILES string of the molecule is C=CC[C@H]1NC(C)(C)O[C@@H]1C. The lowest BCUT2D eigenvalue weighted by Gasteiger charge is -2.17. The molecule has 0 radical (unpaired) electrons. The average Bonchev–Trinajstić information content (AvgIpc) is 2.07. The Hall–Kier alpha value is -0.340. The maximum atomic E-state index is 5.65. The fraction of sp³-hybridized carbons (Fsp3) is 0.778. The number of ether oxygens (including phenoxy) is 1. The molecule has 0 unspecified atom stereocenters. The topological polar surface area (TPSA) is 21.3 Å². The van der Waals surface area contributed by atoms with Gasteiger partial charge in [-0.05, 0) is 27.2 Å². The molecule has 1 N–H and O–H groups in total. The van der Waals surface area contributed by atoms with Gasteiger partial charge in [0, 0.05) is 6.04 Å². The van der Waals surface area contributed by atoms with Gasteiger partial charge in [0.15, 0.2) is 0 Å². The van der Waals surface area contributed by atoms with Crippen LogP contribution in [0.15, 0.2) is 12.7 Å². The lowest BCUT2D eigenvalue weighted by Crippen LogP contribution is -2.38. The van der Waals surface area contributed by atoms with Gasteiger partial charge >= 0.3 is 0 Å². The van der Waals surface area contributed by atoms with Gasteiger partial charge in [-0.3, -0.25) is 5.32 Å². The molecule has 1 fully saturated rings. The zero-order valence-corrected chi connectivity index (χ0v) is 7.55. The molecule has 1 aliphatic rings. The van der Waals surface area contributed by atoms with Crippen LogP contribution in [0.4, 0.5) is 0 Å². The van der Waals surface area contributed by atoms with Crippen molar-refractivity contribution in [2.24, 2.45) is 0 Å². The third-order valence-corrected chi connectivity index (χ3v) is 2.00. The highest BCUT2D eigenvalue weighted by atomic mass is 16.5. The molecular formula is C9H17NO. The molecule has 1 heterocycles. The Kier molecular flexibility index (Phi) is 2.35. The Labute approximate surface area is 68.6 Å². The van der Waals surface area contributed by atoms with Gasteiger partial charge in [-0.25, -0.2) is 0 Å². The van der Waals surface area contributed by atoms with E-state index in [4.69, 9.17) is 4.74 Å². The van der Waals surface area contributed by atoms with Crippen LogP contribution >= 0.6 is 0 Å². The van der Waals surface area contributed by atoms with Crippen LogP contribution in [-0.4, -0.2) is 17.9 Å². The monoisotopic (exact) mass is 155 g/mol. The van der Waals surface area contributed by atoms with Gasteiger partial charge in [-0.1, -0.05) is 6.08 Å². The third-order valence-electron chi connectivity index (χ3n) is 2.00.